The van der Waals surface area contributed by atoms with Crippen molar-refractivity contribution in [3.63, 3.8) is 0 Å². The van der Waals surface area contributed by atoms with E-state index in [0.29, 0.717) is 5.76 Å². The van der Waals surface area contributed by atoms with E-state index in [1.165, 1.54) is 18.2 Å². The number of hydrogen-bond donors (Lipinski definition) is 1. The van der Waals surface area contributed by atoms with E-state index in [9.17, 15) is 9.18 Å². The first-order chi connectivity index (χ1) is 9.04. The number of carbonyl (C=O) groups excluding carboxylic acids is 1. The zero-order valence-corrected chi connectivity index (χ0v) is 10.7. The molecule has 2 rings (SSSR count). The summed E-state index contributed by atoms with van der Waals surface area (Å²) in [6, 6.07) is 5.49. The van der Waals surface area contributed by atoms with Gasteiger partial charge in [-0.25, -0.2) is 4.39 Å². The molecule has 0 aliphatic carbocycles. The van der Waals surface area contributed by atoms with Gasteiger partial charge in [0.2, 0.25) is 0 Å². The molecule has 1 N–H and O–H groups in total. The van der Waals surface area contributed by atoms with Crippen LogP contribution in [0.25, 0.3) is 0 Å². The van der Waals surface area contributed by atoms with E-state index in [-0.39, 0.29) is 23.2 Å². The molecule has 0 atom stereocenters. The van der Waals surface area contributed by atoms with E-state index in [4.69, 9.17) is 20.9 Å². The maximum Gasteiger partial charge on any atom is 0.262 e. The first-order valence-corrected chi connectivity index (χ1v) is 5.73. The second-order valence-corrected chi connectivity index (χ2v) is 4.17. The number of aromatic nitrogens is 1. The van der Waals surface area contributed by atoms with Crippen LogP contribution in [0.2, 0.25) is 5.02 Å². The summed E-state index contributed by atoms with van der Waals surface area (Å²) in [4.78, 5) is 11.5. The van der Waals surface area contributed by atoms with Crippen LogP contribution in [-0.2, 0) is 4.79 Å². The third kappa shape index (κ3) is 3.69. The largest absolute Gasteiger partial charge is 0.465 e. The Morgan fingerprint density at radius 2 is 2.32 bits per heavy atom. The summed E-state index contributed by atoms with van der Waals surface area (Å²) in [6.45, 7) is 1.40. The van der Waals surface area contributed by atoms with Crippen LogP contribution in [0.1, 0.15) is 5.76 Å². The van der Waals surface area contributed by atoms with Crippen LogP contribution in [0.15, 0.2) is 28.8 Å². The maximum atomic E-state index is 13.4. The van der Waals surface area contributed by atoms with Crippen molar-refractivity contribution < 1.29 is 18.4 Å². The van der Waals surface area contributed by atoms with Gasteiger partial charge in [-0.3, -0.25) is 4.79 Å². The molecule has 1 amide bonds. The zero-order chi connectivity index (χ0) is 13.8. The number of halogens is 2. The number of anilines is 1. The van der Waals surface area contributed by atoms with E-state index in [1.807, 2.05) is 0 Å². The van der Waals surface area contributed by atoms with Crippen molar-refractivity contribution in [1.82, 2.24) is 5.16 Å². The summed E-state index contributed by atoms with van der Waals surface area (Å²) in [5, 5.41) is 6.17. The Morgan fingerprint density at radius 3 is 2.95 bits per heavy atom. The molecule has 1 aromatic carbocycles. The quantitative estimate of drug-likeness (QED) is 0.937. The third-order valence-electron chi connectivity index (χ3n) is 2.16. The molecule has 0 saturated carbocycles. The fourth-order valence-corrected chi connectivity index (χ4v) is 1.49. The highest BCUT2D eigenvalue weighted by Crippen LogP contribution is 2.18. The second kappa shape index (κ2) is 5.71. The number of aryl methyl sites for hydroxylation is 1. The number of benzene rings is 1. The predicted molar refractivity (Wildman–Crippen MR) is 66.8 cm³/mol. The standard InChI is InChI=1S/C12H10ClFN2O3/c1-7-4-12(16-19-7)18-6-11(17)15-10-3-2-8(13)5-9(10)14/h2-5H,6H2,1H3,(H,15,17). The van der Waals surface area contributed by atoms with Gasteiger partial charge in [0.05, 0.1) is 5.69 Å². The molecule has 0 bridgehead atoms. The van der Waals surface area contributed by atoms with Gasteiger partial charge in [0.1, 0.15) is 11.6 Å². The molecule has 0 spiro atoms. The molecular formula is C12H10ClFN2O3. The highest BCUT2D eigenvalue weighted by molar-refractivity contribution is 6.30. The van der Waals surface area contributed by atoms with Crippen LogP contribution in [0.4, 0.5) is 10.1 Å². The third-order valence-corrected chi connectivity index (χ3v) is 2.40. The van der Waals surface area contributed by atoms with Gasteiger partial charge in [-0.15, -0.1) is 0 Å². The fourth-order valence-electron chi connectivity index (χ4n) is 1.33. The van der Waals surface area contributed by atoms with Gasteiger partial charge in [-0.05, 0) is 30.3 Å². The maximum absolute atomic E-state index is 13.4. The normalized spacial score (nSPS) is 10.3. The average Bonchev–Trinajstić information content (AvgIpc) is 2.76. The molecule has 2 aromatic rings. The number of nitrogens with zero attached hydrogens (tertiary/aromatic N) is 1. The Balaban J connectivity index is 1.90. The number of amides is 1. The van der Waals surface area contributed by atoms with Crippen LogP contribution >= 0.6 is 11.6 Å². The van der Waals surface area contributed by atoms with Crippen molar-refractivity contribution >= 4 is 23.2 Å². The van der Waals surface area contributed by atoms with E-state index < -0.39 is 11.7 Å². The van der Waals surface area contributed by atoms with Crippen molar-refractivity contribution in [2.45, 2.75) is 6.92 Å². The Morgan fingerprint density at radius 1 is 1.53 bits per heavy atom. The van der Waals surface area contributed by atoms with Crippen molar-refractivity contribution in [3.8, 4) is 5.88 Å². The summed E-state index contributed by atoms with van der Waals surface area (Å²) < 4.78 is 23.2. The predicted octanol–water partition coefficient (Wildman–Crippen LogP) is 2.79. The zero-order valence-electron chi connectivity index (χ0n) is 9.94. The number of rotatable bonds is 4. The lowest BCUT2D eigenvalue weighted by Crippen LogP contribution is -2.20. The fraction of sp³-hybridized carbons (Fsp3) is 0.167. The van der Waals surface area contributed by atoms with Gasteiger partial charge in [0.15, 0.2) is 6.61 Å². The van der Waals surface area contributed by atoms with Gasteiger partial charge in [-0.1, -0.05) is 11.6 Å². The Bertz CT molecular complexity index is 600. The van der Waals surface area contributed by atoms with Crippen molar-refractivity contribution in [2.75, 3.05) is 11.9 Å². The lowest BCUT2D eigenvalue weighted by atomic mass is 10.3. The molecule has 0 unspecified atom stereocenters. The molecule has 0 saturated heterocycles. The summed E-state index contributed by atoms with van der Waals surface area (Å²) in [7, 11) is 0. The second-order valence-electron chi connectivity index (χ2n) is 3.74. The van der Waals surface area contributed by atoms with E-state index in [2.05, 4.69) is 10.5 Å². The molecule has 5 nitrogen and oxygen atoms in total. The van der Waals surface area contributed by atoms with Gasteiger partial charge < -0.3 is 14.6 Å². The van der Waals surface area contributed by atoms with Gasteiger partial charge in [0.25, 0.3) is 11.8 Å². The molecule has 1 aromatic heterocycles. The molecule has 0 aliphatic heterocycles. The van der Waals surface area contributed by atoms with Crippen LogP contribution in [0.5, 0.6) is 5.88 Å². The van der Waals surface area contributed by atoms with Crippen LogP contribution < -0.4 is 10.1 Å². The van der Waals surface area contributed by atoms with Crippen LogP contribution in [0.3, 0.4) is 0 Å². The SMILES string of the molecule is Cc1cc(OCC(=O)Nc2ccc(Cl)cc2F)no1. The molecule has 1 heterocycles. The minimum absolute atomic E-state index is 0.0364. The lowest BCUT2D eigenvalue weighted by Gasteiger charge is -2.06. The summed E-state index contributed by atoms with van der Waals surface area (Å²) in [6.07, 6.45) is 0. The van der Waals surface area contributed by atoms with Gasteiger partial charge in [-0.2, -0.15) is 0 Å². The van der Waals surface area contributed by atoms with E-state index in [0.717, 1.165) is 6.07 Å². The molecule has 19 heavy (non-hydrogen) atoms. The Hall–Kier alpha value is -2.08. The first-order valence-electron chi connectivity index (χ1n) is 5.35. The minimum atomic E-state index is -0.613. The molecular weight excluding hydrogens is 275 g/mol. The number of carbonyl (C=O) groups is 1. The van der Waals surface area contributed by atoms with Gasteiger partial charge >= 0.3 is 0 Å². The molecule has 0 fully saturated rings. The van der Waals surface area contributed by atoms with Crippen molar-refractivity contribution in [3.05, 3.63) is 40.9 Å². The smallest absolute Gasteiger partial charge is 0.262 e. The number of hydrogen-bond acceptors (Lipinski definition) is 4. The molecule has 0 aliphatic rings. The van der Waals surface area contributed by atoms with Gasteiger partial charge in [0, 0.05) is 11.1 Å². The van der Waals surface area contributed by atoms with E-state index >= 15 is 0 Å². The molecule has 0 radical (unpaired) electrons. The molecule has 100 valence electrons. The van der Waals surface area contributed by atoms with Crippen molar-refractivity contribution in [2.24, 2.45) is 0 Å². The first kappa shape index (κ1) is 13.4. The molecule has 7 heteroatoms. The van der Waals surface area contributed by atoms with Crippen LogP contribution in [-0.4, -0.2) is 17.7 Å². The van der Waals surface area contributed by atoms with Crippen molar-refractivity contribution in [1.29, 1.82) is 0 Å². The highest BCUT2D eigenvalue weighted by Gasteiger charge is 2.09. The highest BCUT2D eigenvalue weighted by atomic mass is 35.5. The monoisotopic (exact) mass is 284 g/mol. The summed E-state index contributed by atoms with van der Waals surface area (Å²) in [5.41, 5.74) is 0.0364. The summed E-state index contributed by atoms with van der Waals surface area (Å²) in [5.74, 6) is -0.358. The average molecular weight is 285 g/mol. The Kier molecular flexibility index (Phi) is 4.01. The van der Waals surface area contributed by atoms with E-state index in [1.54, 1.807) is 6.92 Å². The van der Waals surface area contributed by atoms with Crippen LogP contribution in [0, 0.1) is 12.7 Å². The summed E-state index contributed by atoms with van der Waals surface area (Å²) >= 11 is 5.60. The number of ether oxygens (including phenoxy) is 1. The number of nitrogens with one attached hydrogen (secondary N) is 1. The topological polar surface area (TPSA) is 64.4 Å². The minimum Gasteiger partial charge on any atom is -0.465 e. The Labute approximate surface area is 113 Å². The lowest BCUT2D eigenvalue weighted by molar-refractivity contribution is -0.118.